The van der Waals surface area contributed by atoms with Crippen LogP contribution in [-0.4, -0.2) is 20.0 Å². The van der Waals surface area contributed by atoms with Gasteiger partial charge in [-0.15, -0.1) is 0 Å². The van der Waals surface area contributed by atoms with Gasteiger partial charge in [0.1, 0.15) is 5.75 Å². The molecule has 0 fully saturated rings. The number of nitro benzene ring substituents is 1. The van der Waals surface area contributed by atoms with E-state index in [2.05, 4.69) is 4.74 Å². The monoisotopic (exact) mass is 282 g/mol. The highest BCUT2D eigenvalue weighted by molar-refractivity contribution is 7.89. The molecule has 0 radical (unpaired) electrons. The first-order valence-electron chi connectivity index (χ1n) is 4.39. The summed E-state index contributed by atoms with van der Waals surface area (Å²) < 4.78 is 50.4. The van der Waals surface area contributed by atoms with E-state index >= 15 is 0 Å². The third-order valence-corrected chi connectivity index (χ3v) is 2.88. The molecule has 0 spiro atoms. The Bertz CT molecular complexity index is 587. The van der Waals surface area contributed by atoms with Crippen LogP contribution in [0.4, 0.5) is 14.5 Å². The number of hydrogen-bond acceptors (Lipinski definition) is 5. The lowest BCUT2D eigenvalue weighted by Crippen LogP contribution is -2.15. The summed E-state index contributed by atoms with van der Waals surface area (Å²) in [6.45, 7) is -2.00. The normalized spacial score (nSPS) is 11.6. The largest absolute Gasteiger partial charge is 0.435 e. The lowest BCUT2D eigenvalue weighted by Gasteiger charge is -2.08. The Morgan fingerprint density at radius 2 is 2.00 bits per heavy atom. The highest BCUT2D eigenvalue weighted by Gasteiger charge is 2.27. The first-order chi connectivity index (χ1) is 8.12. The Hall–Kier alpha value is -1.81. The number of nitro groups is 1. The summed E-state index contributed by atoms with van der Waals surface area (Å²) in [6, 6.07) is 1.52. The van der Waals surface area contributed by atoms with E-state index in [9.17, 15) is 27.3 Å². The Balaban J connectivity index is 3.53. The van der Waals surface area contributed by atoms with E-state index in [-0.39, 0.29) is 5.56 Å². The maximum Gasteiger partial charge on any atom is 0.387 e. The molecule has 0 aliphatic rings. The molecule has 0 aliphatic heterocycles. The molecule has 0 saturated carbocycles. The number of nitrogens with two attached hydrogens (primary N) is 1. The lowest BCUT2D eigenvalue weighted by molar-refractivity contribution is -0.388. The number of ether oxygens (including phenoxy) is 1. The molecule has 100 valence electrons. The van der Waals surface area contributed by atoms with Gasteiger partial charge in [-0.3, -0.25) is 10.1 Å². The maximum absolute atomic E-state index is 12.0. The molecule has 0 saturated heterocycles. The van der Waals surface area contributed by atoms with Gasteiger partial charge in [-0.05, 0) is 13.0 Å². The van der Waals surface area contributed by atoms with E-state index < -0.39 is 37.9 Å². The van der Waals surface area contributed by atoms with Crippen LogP contribution >= 0.6 is 0 Å². The smallest absolute Gasteiger partial charge is 0.387 e. The van der Waals surface area contributed by atoms with Crippen molar-refractivity contribution >= 4 is 15.7 Å². The minimum absolute atomic E-state index is 0.151. The third-order valence-electron chi connectivity index (χ3n) is 1.95. The highest BCUT2D eigenvalue weighted by atomic mass is 32.2. The number of hydrogen-bond donors (Lipinski definition) is 1. The van der Waals surface area contributed by atoms with Gasteiger partial charge in [0.2, 0.25) is 10.0 Å². The van der Waals surface area contributed by atoms with Crippen molar-refractivity contribution in [1.82, 2.24) is 0 Å². The summed E-state index contributed by atoms with van der Waals surface area (Å²) in [6.07, 6.45) is 0. The number of benzene rings is 1. The Morgan fingerprint density at radius 3 is 2.39 bits per heavy atom. The van der Waals surface area contributed by atoms with Crippen LogP contribution in [-0.2, 0) is 10.0 Å². The van der Waals surface area contributed by atoms with Gasteiger partial charge in [0.15, 0.2) is 4.90 Å². The molecule has 1 aromatic rings. The van der Waals surface area contributed by atoms with Crippen molar-refractivity contribution in [2.75, 3.05) is 0 Å². The molecule has 0 aliphatic carbocycles. The summed E-state index contributed by atoms with van der Waals surface area (Å²) in [4.78, 5) is 8.89. The van der Waals surface area contributed by atoms with E-state index in [0.29, 0.717) is 6.07 Å². The maximum atomic E-state index is 12.0. The van der Waals surface area contributed by atoms with Gasteiger partial charge in [-0.2, -0.15) is 8.78 Å². The van der Waals surface area contributed by atoms with Crippen molar-refractivity contribution in [2.45, 2.75) is 18.4 Å². The standard InChI is InChI=1S/C8H8F2N2O5S/c1-4-2-5(17-8(9)10)3-6(18(11,15)16)7(4)12(13)14/h2-3,8H,1H3,(H2,11,15,16). The third kappa shape index (κ3) is 3.11. The Kier molecular flexibility index (Phi) is 3.82. The van der Waals surface area contributed by atoms with Gasteiger partial charge in [0.25, 0.3) is 5.69 Å². The van der Waals surface area contributed by atoms with Crippen LogP contribution < -0.4 is 9.88 Å². The van der Waals surface area contributed by atoms with Crippen LogP contribution in [0.25, 0.3) is 0 Å². The molecule has 10 heteroatoms. The summed E-state index contributed by atoms with van der Waals surface area (Å²) in [7, 11) is -4.43. The van der Waals surface area contributed by atoms with Gasteiger partial charge in [0, 0.05) is 11.6 Å². The zero-order valence-corrected chi connectivity index (χ0v) is 9.78. The molecule has 0 amide bonds. The van der Waals surface area contributed by atoms with Crippen molar-refractivity contribution in [3.8, 4) is 5.75 Å². The van der Waals surface area contributed by atoms with Crippen molar-refractivity contribution in [2.24, 2.45) is 5.14 Å². The highest BCUT2D eigenvalue weighted by Crippen LogP contribution is 2.32. The quantitative estimate of drug-likeness (QED) is 0.657. The van der Waals surface area contributed by atoms with E-state index in [1.807, 2.05) is 0 Å². The van der Waals surface area contributed by atoms with Gasteiger partial charge in [0.05, 0.1) is 4.92 Å². The zero-order valence-electron chi connectivity index (χ0n) is 8.96. The number of nitrogens with zero attached hydrogens (tertiary/aromatic N) is 1. The zero-order chi connectivity index (χ0) is 14.1. The number of primary sulfonamides is 1. The Labute approximate surface area is 100 Å². The topological polar surface area (TPSA) is 113 Å². The predicted octanol–water partition coefficient (Wildman–Crippen LogP) is 1.15. The summed E-state index contributed by atoms with van der Waals surface area (Å²) >= 11 is 0. The first kappa shape index (κ1) is 14.3. The molecule has 18 heavy (non-hydrogen) atoms. The van der Waals surface area contributed by atoms with Gasteiger partial charge >= 0.3 is 6.61 Å². The average molecular weight is 282 g/mol. The molecule has 1 rings (SSSR count). The fourth-order valence-corrected chi connectivity index (χ4v) is 2.12. The number of rotatable bonds is 4. The fraction of sp³-hybridized carbons (Fsp3) is 0.250. The fourth-order valence-electron chi connectivity index (χ4n) is 1.34. The van der Waals surface area contributed by atoms with Crippen molar-refractivity contribution in [3.05, 3.63) is 27.8 Å². The SMILES string of the molecule is Cc1cc(OC(F)F)cc(S(N)(=O)=O)c1[N+](=O)[O-]. The molecule has 1 aromatic carbocycles. The molecule has 0 atom stereocenters. The van der Waals surface area contributed by atoms with Gasteiger partial charge in [-0.1, -0.05) is 0 Å². The first-order valence-corrected chi connectivity index (χ1v) is 5.94. The number of sulfonamides is 1. The van der Waals surface area contributed by atoms with Crippen LogP contribution in [0, 0.1) is 17.0 Å². The second kappa shape index (κ2) is 4.82. The van der Waals surface area contributed by atoms with E-state index in [0.717, 1.165) is 6.07 Å². The van der Waals surface area contributed by atoms with Crippen LogP contribution in [0.5, 0.6) is 5.75 Å². The summed E-state index contributed by atoms with van der Waals surface area (Å²) in [5.41, 5.74) is -0.915. The van der Waals surface area contributed by atoms with Crippen molar-refractivity contribution in [1.29, 1.82) is 0 Å². The number of aryl methyl sites for hydroxylation is 1. The Morgan fingerprint density at radius 1 is 1.44 bits per heavy atom. The molecular weight excluding hydrogens is 274 g/mol. The predicted molar refractivity (Wildman–Crippen MR) is 55.8 cm³/mol. The van der Waals surface area contributed by atoms with Gasteiger partial charge in [-0.25, -0.2) is 13.6 Å². The lowest BCUT2D eigenvalue weighted by atomic mass is 10.2. The second-order valence-corrected chi connectivity index (χ2v) is 4.80. The molecular formula is C8H8F2N2O5S. The van der Waals surface area contributed by atoms with E-state index in [1.165, 1.54) is 6.92 Å². The van der Waals surface area contributed by atoms with Crippen LogP contribution in [0.3, 0.4) is 0 Å². The minimum Gasteiger partial charge on any atom is -0.435 e. The summed E-state index contributed by atoms with van der Waals surface area (Å²) in [5.74, 6) is -0.517. The molecule has 0 heterocycles. The summed E-state index contributed by atoms with van der Waals surface area (Å²) in [5, 5.41) is 15.5. The minimum atomic E-state index is -4.43. The van der Waals surface area contributed by atoms with Crippen LogP contribution in [0.2, 0.25) is 0 Å². The number of halogens is 2. The molecule has 7 nitrogen and oxygen atoms in total. The molecule has 0 unspecified atom stereocenters. The van der Waals surface area contributed by atoms with Crippen molar-refractivity contribution in [3.63, 3.8) is 0 Å². The second-order valence-electron chi connectivity index (χ2n) is 3.27. The number of alkyl halides is 2. The molecule has 0 bridgehead atoms. The van der Waals surface area contributed by atoms with E-state index in [4.69, 9.17) is 5.14 Å². The van der Waals surface area contributed by atoms with Crippen LogP contribution in [0.15, 0.2) is 17.0 Å². The van der Waals surface area contributed by atoms with E-state index in [1.54, 1.807) is 0 Å². The van der Waals surface area contributed by atoms with Gasteiger partial charge < -0.3 is 4.74 Å². The average Bonchev–Trinajstić information content (AvgIpc) is 2.12. The molecule has 0 aromatic heterocycles. The molecule has 2 N–H and O–H groups in total. The van der Waals surface area contributed by atoms with Crippen LogP contribution in [0.1, 0.15) is 5.56 Å². The van der Waals surface area contributed by atoms with Crippen molar-refractivity contribution < 1.29 is 26.9 Å².